The van der Waals surface area contributed by atoms with E-state index >= 15 is 0 Å². The Hall–Kier alpha value is -2.09. The van der Waals surface area contributed by atoms with E-state index in [0.29, 0.717) is 0 Å². The summed E-state index contributed by atoms with van der Waals surface area (Å²) in [5.41, 5.74) is 2.55. The molecule has 2 heteroatoms. The Morgan fingerprint density at radius 3 is 2.31 bits per heavy atom. The third-order valence-corrected chi connectivity index (χ3v) is 2.38. The number of hydrogen-bond acceptors (Lipinski definition) is 1. The second-order valence-electron chi connectivity index (χ2n) is 3.54. The van der Waals surface area contributed by atoms with E-state index in [1.54, 1.807) is 12.4 Å². The molecular weight excluding hydrogens is 196 g/mol. The van der Waals surface area contributed by atoms with E-state index in [1.165, 1.54) is 16.5 Å². The number of aryl methyl sites for hydroxylation is 1. The third-order valence-electron chi connectivity index (χ3n) is 2.38. The Bertz CT molecular complexity index is 514. The van der Waals surface area contributed by atoms with Crippen LogP contribution < -0.4 is 0 Å². The standard InChI is InChI=1S/C9H9N.C5H5N/c1-7-3-2-4-9-8(7)5-6-10-9;1-2-4-6-5-3-1/h2-6,10H,1H3;1-5H. The molecule has 0 spiro atoms. The molecule has 0 radical (unpaired) electrons. The second kappa shape index (κ2) is 5.12. The Morgan fingerprint density at radius 1 is 0.938 bits per heavy atom. The Kier molecular flexibility index (Phi) is 3.34. The average molecular weight is 210 g/mol. The maximum Gasteiger partial charge on any atom is 0.0456 e. The number of fused-ring (bicyclic) bond motifs is 1. The Balaban J connectivity index is 0.000000138. The Labute approximate surface area is 95.0 Å². The lowest BCUT2D eigenvalue weighted by molar-refractivity contribution is 1.33. The molecule has 3 aromatic rings. The van der Waals surface area contributed by atoms with E-state index in [-0.39, 0.29) is 0 Å². The van der Waals surface area contributed by atoms with Crippen molar-refractivity contribution in [3.63, 3.8) is 0 Å². The summed E-state index contributed by atoms with van der Waals surface area (Å²) in [6.45, 7) is 2.12. The number of aromatic amines is 1. The van der Waals surface area contributed by atoms with E-state index in [0.717, 1.165) is 0 Å². The first-order valence-corrected chi connectivity index (χ1v) is 5.25. The first kappa shape index (κ1) is 10.4. The van der Waals surface area contributed by atoms with Gasteiger partial charge in [-0.05, 0) is 36.8 Å². The number of nitrogens with one attached hydrogen (secondary N) is 1. The molecular formula is C14H14N2. The van der Waals surface area contributed by atoms with E-state index in [1.807, 2.05) is 24.4 Å². The fourth-order valence-corrected chi connectivity index (χ4v) is 1.56. The van der Waals surface area contributed by atoms with Gasteiger partial charge < -0.3 is 4.98 Å². The molecule has 0 saturated heterocycles. The highest BCUT2D eigenvalue weighted by atomic mass is 14.7. The maximum absolute atomic E-state index is 3.78. The monoisotopic (exact) mass is 210 g/mol. The normalized spacial score (nSPS) is 9.56. The van der Waals surface area contributed by atoms with Crippen molar-refractivity contribution in [3.8, 4) is 0 Å². The van der Waals surface area contributed by atoms with Crippen LogP contribution >= 0.6 is 0 Å². The van der Waals surface area contributed by atoms with Crippen molar-refractivity contribution in [1.29, 1.82) is 0 Å². The zero-order chi connectivity index (χ0) is 11.2. The minimum Gasteiger partial charge on any atom is -0.361 e. The smallest absolute Gasteiger partial charge is 0.0456 e. The summed E-state index contributed by atoms with van der Waals surface area (Å²) in [6, 6.07) is 14.1. The number of H-pyrrole nitrogens is 1. The minimum atomic E-state index is 1.22. The number of aromatic nitrogens is 2. The first-order chi connectivity index (χ1) is 7.88. The predicted molar refractivity (Wildman–Crippen MR) is 67.3 cm³/mol. The van der Waals surface area contributed by atoms with Crippen molar-refractivity contribution >= 4 is 10.9 Å². The molecule has 2 aromatic heterocycles. The molecule has 0 saturated carbocycles. The van der Waals surface area contributed by atoms with Crippen molar-refractivity contribution in [2.24, 2.45) is 0 Å². The summed E-state index contributed by atoms with van der Waals surface area (Å²) in [4.78, 5) is 6.95. The van der Waals surface area contributed by atoms with Crippen molar-refractivity contribution in [1.82, 2.24) is 9.97 Å². The zero-order valence-electron chi connectivity index (χ0n) is 9.22. The second-order valence-corrected chi connectivity index (χ2v) is 3.54. The van der Waals surface area contributed by atoms with Gasteiger partial charge in [0, 0.05) is 29.5 Å². The van der Waals surface area contributed by atoms with E-state index < -0.39 is 0 Å². The Morgan fingerprint density at radius 2 is 1.75 bits per heavy atom. The molecule has 0 aliphatic heterocycles. The summed E-state index contributed by atoms with van der Waals surface area (Å²) >= 11 is 0. The molecule has 1 N–H and O–H groups in total. The lowest BCUT2D eigenvalue weighted by Gasteiger charge is -1.92. The van der Waals surface area contributed by atoms with Crippen LogP contribution in [0.25, 0.3) is 10.9 Å². The molecule has 0 amide bonds. The van der Waals surface area contributed by atoms with Gasteiger partial charge in [-0.1, -0.05) is 18.2 Å². The third kappa shape index (κ3) is 2.48. The van der Waals surface area contributed by atoms with Gasteiger partial charge in [-0.25, -0.2) is 0 Å². The molecule has 2 heterocycles. The van der Waals surface area contributed by atoms with Gasteiger partial charge in [-0.15, -0.1) is 0 Å². The van der Waals surface area contributed by atoms with E-state index in [4.69, 9.17) is 0 Å². The van der Waals surface area contributed by atoms with Crippen LogP contribution in [0.4, 0.5) is 0 Å². The van der Waals surface area contributed by atoms with Gasteiger partial charge in [0.05, 0.1) is 0 Å². The largest absolute Gasteiger partial charge is 0.361 e. The number of benzene rings is 1. The van der Waals surface area contributed by atoms with Crippen molar-refractivity contribution in [3.05, 3.63) is 66.6 Å². The molecule has 0 atom stereocenters. The molecule has 1 aromatic carbocycles. The zero-order valence-corrected chi connectivity index (χ0v) is 9.22. The van der Waals surface area contributed by atoms with E-state index in [9.17, 15) is 0 Å². The molecule has 2 nitrogen and oxygen atoms in total. The van der Waals surface area contributed by atoms with Crippen molar-refractivity contribution in [2.75, 3.05) is 0 Å². The molecule has 16 heavy (non-hydrogen) atoms. The molecule has 3 rings (SSSR count). The van der Waals surface area contributed by atoms with Crippen molar-refractivity contribution in [2.45, 2.75) is 6.92 Å². The SMILES string of the molecule is Cc1cccc2[nH]ccc12.c1ccncc1. The van der Waals surface area contributed by atoms with E-state index in [2.05, 4.69) is 41.2 Å². The van der Waals surface area contributed by atoms with Crippen molar-refractivity contribution < 1.29 is 0 Å². The molecule has 80 valence electrons. The lowest BCUT2D eigenvalue weighted by atomic mass is 10.1. The van der Waals surface area contributed by atoms with Gasteiger partial charge in [0.15, 0.2) is 0 Å². The predicted octanol–water partition coefficient (Wildman–Crippen LogP) is 3.56. The highest BCUT2D eigenvalue weighted by Gasteiger charge is 1.93. The molecule has 0 unspecified atom stereocenters. The summed E-state index contributed by atoms with van der Waals surface area (Å²) in [5.74, 6) is 0. The number of nitrogens with zero attached hydrogens (tertiary/aromatic N) is 1. The summed E-state index contributed by atoms with van der Waals surface area (Å²) < 4.78 is 0. The van der Waals surface area contributed by atoms with Crippen LogP contribution in [0.2, 0.25) is 0 Å². The molecule has 0 aliphatic carbocycles. The molecule has 0 bridgehead atoms. The van der Waals surface area contributed by atoms with Crippen LogP contribution in [0, 0.1) is 6.92 Å². The molecule has 0 fully saturated rings. The van der Waals surface area contributed by atoms with Crippen LogP contribution in [-0.4, -0.2) is 9.97 Å². The summed E-state index contributed by atoms with van der Waals surface area (Å²) in [6.07, 6.45) is 5.47. The van der Waals surface area contributed by atoms with Gasteiger partial charge in [-0.3, -0.25) is 4.98 Å². The van der Waals surface area contributed by atoms with Crippen LogP contribution in [-0.2, 0) is 0 Å². The number of pyridine rings is 1. The van der Waals surface area contributed by atoms with Crippen LogP contribution in [0.15, 0.2) is 61.1 Å². The van der Waals surface area contributed by atoms with Gasteiger partial charge in [-0.2, -0.15) is 0 Å². The number of hydrogen-bond donors (Lipinski definition) is 1. The highest BCUT2D eigenvalue weighted by molar-refractivity contribution is 5.82. The molecule has 0 aliphatic rings. The van der Waals surface area contributed by atoms with Gasteiger partial charge in [0.25, 0.3) is 0 Å². The van der Waals surface area contributed by atoms with Crippen LogP contribution in [0.3, 0.4) is 0 Å². The van der Waals surface area contributed by atoms with Crippen LogP contribution in [0.1, 0.15) is 5.56 Å². The van der Waals surface area contributed by atoms with Gasteiger partial charge in [0.2, 0.25) is 0 Å². The van der Waals surface area contributed by atoms with Gasteiger partial charge in [0.1, 0.15) is 0 Å². The van der Waals surface area contributed by atoms with Gasteiger partial charge >= 0.3 is 0 Å². The number of rotatable bonds is 0. The fraction of sp³-hybridized carbons (Fsp3) is 0.0714. The van der Waals surface area contributed by atoms with Crippen LogP contribution in [0.5, 0.6) is 0 Å². The first-order valence-electron chi connectivity index (χ1n) is 5.25. The quantitative estimate of drug-likeness (QED) is 0.604. The topological polar surface area (TPSA) is 28.7 Å². The average Bonchev–Trinajstić information content (AvgIpc) is 2.82. The minimum absolute atomic E-state index is 1.22. The summed E-state index contributed by atoms with van der Waals surface area (Å²) in [5, 5.41) is 1.32. The highest BCUT2D eigenvalue weighted by Crippen LogP contribution is 2.15. The summed E-state index contributed by atoms with van der Waals surface area (Å²) in [7, 11) is 0. The lowest BCUT2D eigenvalue weighted by Crippen LogP contribution is -1.71. The fourth-order valence-electron chi connectivity index (χ4n) is 1.56. The maximum atomic E-state index is 3.78.